The van der Waals surface area contributed by atoms with Crippen LogP contribution in [0.1, 0.15) is 29.3 Å². The Balaban J connectivity index is 1.95. The molecule has 3 rings (SSSR count). The molecule has 2 aromatic rings. The molecule has 1 aliphatic heterocycles. The van der Waals surface area contributed by atoms with E-state index < -0.39 is 10.1 Å². The number of hydrogen-bond donors (Lipinski definition) is 0. The summed E-state index contributed by atoms with van der Waals surface area (Å²) in [6, 6.07) is 9.07. The minimum absolute atomic E-state index is 0.00483. The van der Waals surface area contributed by atoms with Gasteiger partial charge in [0.25, 0.3) is 0 Å². The zero-order valence-electron chi connectivity index (χ0n) is 13.9. The average molecular weight is 362 g/mol. The van der Waals surface area contributed by atoms with Gasteiger partial charge in [0.1, 0.15) is 4.90 Å². The van der Waals surface area contributed by atoms with Crippen LogP contribution in [-0.2, 0) is 10.1 Å². The first kappa shape index (κ1) is 17.3. The molecule has 0 unspecified atom stereocenters. The maximum atomic E-state index is 12.6. The number of aryl methyl sites for hydroxylation is 1. The van der Waals surface area contributed by atoms with Crippen LogP contribution < -0.4 is 13.7 Å². The largest absolute Gasteiger partial charge is 0.490 e. The summed E-state index contributed by atoms with van der Waals surface area (Å²) in [5.41, 5.74) is 1.06. The second-order valence-corrected chi connectivity index (χ2v) is 7.30. The minimum Gasteiger partial charge on any atom is -0.490 e. The molecular formula is C18H18O6S. The third-order valence-electron chi connectivity index (χ3n) is 3.72. The zero-order valence-corrected chi connectivity index (χ0v) is 14.8. The number of carbonyl (C=O) groups excluding carboxylic acids is 1. The number of Topliss-reactive ketones (excluding diaryl/α,β-unsaturated/α-hetero) is 1. The second kappa shape index (κ2) is 6.76. The van der Waals surface area contributed by atoms with Gasteiger partial charge in [0.15, 0.2) is 23.0 Å². The van der Waals surface area contributed by atoms with E-state index in [1.807, 2.05) is 6.92 Å². The summed E-state index contributed by atoms with van der Waals surface area (Å²) in [5, 5.41) is 0. The first-order valence-electron chi connectivity index (χ1n) is 7.82. The summed E-state index contributed by atoms with van der Waals surface area (Å²) >= 11 is 0. The van der Waals surface area contributed by atoms with Gasteiger partial charge in [-0.2, -0.15) is 8.42 Å². The number of ether oxygens (including phenoxy) is 2. The topological polar surface area (TPSA) is 78.9 Å². The zero-order chi connectivity index (χ0) is 18.0. The van der Waals surface area contributed by atoms with Crippen molar-refractivity contribution in [3.63, 3.8) is 0 Å². The van der Waals surface area contributed by atoms with E-state index in [2.05, 4.69) is 0 Å². The molecule has 25 heavy (non-hydrogen) atoms. The fraction of sp³-hybridized carbons (Fsp3) is 0.278. The molecule has 1 aliphatic rings. The number of hydrogen-bond acceptors (Lipinski definition) is 6. The smallest absolute Gasteiger partial charge is 0.339 e. The Morgan fingerprint density at radius 1 is 1.04 bits per heavy atom. The van der Waals surface area contributed by atoms with Crippen LogP contribution in [0.5, 0.6) is 17.2 Å². The van der Waals surface area contributed by atoms with E-state index in [9.17, 15) is 13.2 Å². The third kappa shape index (κ3) is 3.76. The minimum atomic E-state index is -4.12. The van der Waals surface area contributed by atoms with Crippen molar-refractivity contribution in [2.24, 2.45) is 0 Å². The summed E-state index contributed by atoms with van der Waals surface area (Å²) < 4.78 is 41.4. The molecular weight excluding hydrogens is 344 g/mol. The first-order chi connectivity index (χ1) is 11.9. The molecule has 0 amide bonds. The molecule has 0 N–H and O–H groups in total. The van der Waals surface area contributed by atoms with Crippen molar-refractivity contribution in [3.8, 4) is 17.2 Å². The monoisotopic (exact) mass is 362 g/mol. The molecule has 0 saturated heterocycles. The molecule has 7 heteroatoms. The van der Waals surface area contributed by atoms with Crippen molar-refractivity contribution in [1.29, 1.82) is 0 Å². The Labute approximate surface area is 146 Å². The van der Waals surface area contributed by atoms with Crippen LogP contribution in [0, 0.1) is 6.92 Å². The summed E-state index contributed by atoms with van der Waals surface area (Å²) in [5.74, 6) is 0.590. The van der Waals surface area contributed by atoms with Gasteiger partial charge in [0, 0.05) is 12.5 Å². The van der Waals surface area contributed by atoms with Gasteiger partial charge in [-0.1, -0.05) is 11.6 Å². The van der Waals surface area contributed by atoms with Gasteiger partial charge < -0.3 is 13.7 Å². The van der Waals surface area contributed by atoms with E-state index in [-0.39, 0.29) is 22.0 Å². The maximum Gasteiger partial charge on any atom is 0.339 e. The lowest BCUT2D eigenvalue weighted by Crippen LogP contribution is -2.12. The fourth-order valence-corrected chi connectivity index (χ4v) is 3.42. The molecule has 6 nitrogen and oxygen atoms in total. The van der Waals surface area contributed by atoms with Crippen molar-refractivity contribution in [1.82, 2.24) is 0 Å². The Kier molecular flexibility index (Phi) is 4.67. The number of ketones is 1. The van der Waals surface area contributed by atoms with Crippen LogP contribution in [0.15, 0.2) is 41.3 Å². The van der Waals surface area contributed by atoms with Crippen molar-refractivity contribution in [2.75, 3.05) is 13.2 Å². The van der Waals surface area contributed by atoms with Gasteiger partial charge in [-0.25, -0.2) is 0 Å². The lowest BCUT2D eigenvalue weighted by atomic mass is 10.1. The van der Waals surface area contributed by atoms with Crippen LogP contribution >= 0.6 is 0 Å². The Hall–Kier alpha value is -2.54. The SMILES string of the molecule is CC(=O)c1cc(C)ccc1OS(=O)(=O)c1ccc2c(c1)OCCCO2. The first-order valence-corrected chi connectivity index (χ1v) is 9.23. The summed E-state index contributed by atoms with van der Waals surface area (Å²) in [6.45, 7) is 4.14. The molecule has 1 heterocycles. The fourth-order valence-electron chi connectivity index (χ4n) is 2.46. The van der Waals surface area contributed by atoms with E-state index in [4.69, 9.17) is 13.7 Å². The molecule has 0 atom stereocenters. The lowest BCUT2D eigenvalue weighted by molar-refractivity contribution is 0.101. The quantitative estimate of drug-likeness (QED) is 0.614. The van der Waals surface area contributed by atoms with Crippen LogP contribution in [0.4, 0.5) is 0 Å². The molecule has 0 bridgehead atoms. The normalized spacial score (nSPS) is 13.8. The number of carbonyl (C=O) groups is 1. The molecule has 0 spiro atoms. The molecule has 0 saturated carbocycles. The molecule has 0 radical (unpaired) electrons. The number of fused-ring (bicyclic) bond motifs is 1. The maximum absolute atomic E-state index is 12.6. The Bertz CT molecular complexity index is 917. The van der Waals surface area contributed by atoms with Crippen molar-refractivity contribution in [2.45, 2.75) is 25.2 Å². The van der Waals surface area contributed by atoms with E-state index in [1.54, 1.807) is 12.1 Å². The van der Waals surface area contributed by atoms with Crippen molar-refractivity contribution >= 4 is 15.9 Å². The highest BCUT2D eigenvalue weighted by Crippen LogP contribution is 2.33. The van der Waals surface area contributed by atoms with E-state index in [0.717, 1.165) is 12.0 Å². The highest BCUT2D eigenvalue weighted by atomic mass is 32.2. The van der Waals surface area contributed by atoms with Gasteiger partial charge in [-0.3, -0.25) is 4.79 Å². The van der Waals surface area contributed by atoms with Gasteiger partial charge in [-0.05, 0) is 38.1 Å². The van der Waals surface area contributed by atoms with Crippen molar-refractivity contribution in [3.05, 3.63) is 47.5 Å². The van der Waals surface area contributed by atoms with Gasteiger partial charge >= 0.3 is 10.1 Å². The summed E-state index contributed by atoms with van der Waals surface area (Å²) in [4.78, 5) is 11.7. The van der Waals surface area contributed by atoms with E-state index >= 15 is 0 Å². The van der Waals surface area contributed by atoms with Crippen LogP contribution in [0.2, 0.25) is 0 Å². The Morgan fingerprint density at radius 3 is 2.48 bits per heavy atom. The summed E-state index contributed by atoms with van der Waals surface area (Å²) in [7, 11) is -4.12. The molecule has 132 valence electrons. The molecule has 2 aromatic carbocycles. The molecule has 0 fully saturated rings. The summed E-state index contributed by atoms with van der Waals surface area (Å²) in [6.07, 6.45) is 0.721. The van der Waals surface area contributed by atoms with Crippen LogP contribution in [-0.4, -0.2) is 27.4 Å². The number of benzene rings is 2. The predicted molar refractivity (Wildman–Crippen MR) is 91.0 cm³/mol. The van der Waals surface area contributed by atoms with Crippen LogP contribution in [0.25, 0.3) is 0 Å². The highest BCUT2D eigenvalue weighted by molar-refractivity contribution is 7.87. The highest BCUT2D eigenvalue weighted by Gasteiger charge is 2.22. The predicted octanol–water partition coefficient (Wildman–Crippen LogP) is 3.13. The van der Waals surface area contributed by atoms with Crippen molar-refractivity contribution < 1.29 is 26.9 Å². The van der Waals surface area contributed by atoms with Crippen LogP contribution in [0.3, 0.4) is 0 Å². The lowest BCUT2D eigenvalue weighted by Gasteiger charge is -2.12. The molecule has 0 aromatic heterocycles. The standard InChI is InChI=1S/C18H18O6S/c1-12-4-6-16(15(10-12)13(2)19)24-25(20,21)14-5-7-17-18(11-14)23-9-3-8-22-17/h4-7,10-11H,3,8-9H2,1-2H3. The van der Waals surface area contributed by atoms with E-state index in [0.29, 0.717) is 24.7 Å². The van der Waals surface area contributed by atoms with Gasteiger partial charge in [-0.15, -0.1) is 0 Å². The van der Waals surface area contributed by atoms with Gasteiger partial charge in [0.05, 0.1) is 18.8 Å². The average Bonchev–Trinajstić information content (AvgIpc) is 2.80. The van der Waals surface area contributed by atoms with E-state index in [1.165, 1.54) is 31.2 Å². The second-order valence-electron chi connectivity index (χ2n) is 5.75. The third-order valence-corrected chi connectivity index (χ3v) is 4.95. The number of rotatable bonds is 4. The van der Waals surface area contributed by atoms with Gasteiger partial charge in [0.2, 0.25) is 0 Å². The molecule has 0 aliphatic carbocycles. The Morgan fingerprint density at radius 2 is 1.76 bits per heavy atom.